The smallest absolute Gasteiger partial charge is 0.263 e. The van der Waals surface area contributed by atoms with E-state index in [9.17, 15) is 18.3 Å². The van der Waals surface area contributed by atoms with Gasteiger partial charge in [-0.3, -0.25) is 9.52 Å². The molecule has 134 valence electrons. The molecule has 9 heteroatoms. The minimum absolute atomic E-state index is 0.0303. The van der Waals surface area contributed by atoms with Crippen LogP contribution in [0.15, 0.2) is 47.4 Å². The number of hydrogen-bond acceptors (Lipinski definition) is 4. The summed E-state index contributed by atoms with van der Waals surface area (Å²) in [6, 6.07) is 10.1. The highest BCUT2D eigenvalue weighted by atomic mass is 35.5. The molecule has 2 rings (SSSR count). The van der Waals surface area contributed by atoms with Crippen LogP contribution < -0.4 is 10.0 Å². The second kappa shape index (κ2) is 8.05. The molecule has 0 saturated heterocycles. The molecule has 6 nitrogen and oxygen atoms in total. The van der Waals surface area contributed by atoms with Gasteiger partial charge in [0, 0.05) is 22.8 Å². The first-order valence-electron chi connectivity index (χ1n) is 7.23. The van der Waals surface area contributed by atoms with Gasteiger partial charge < -0.3 is 10.4 Å². The molecule has 1 unspecified atom stereocenters. The van der Waals surface area contributed by atoms with Crippen LogP contribution in [0.25, 0.3) is 0 Å². The van der Waals surface area contributed by atoms with E-state index < -0.39 is 22.0 Å². The summed E-state index contributed by atoms with van der Waals surface area (Å²) in [5.41, 5.74) is 0.443. The first kappa shape index (κ1) is 19.5. The van der Waals surface area contributed by atoms with E-state index in [-0.39, 0.29) is 32.7 Å². The van der Waals surface area contributed by atoms with Gasteiger partial charge in [-0.2, -0.15) is 0 Å². The number of nitrogens with one attached hydrogen (secondary N) is 2. The molecule has 3 N–H and O–H groups in total. The molecule has 1 amide bonds. The van der Waals surface area contributed by atoms with Crippen LogP contribution in [0.4, 0.5) is 5.69 Å². The van der Waals surface area contributed by atoms with Gasteiger partial charge in [0.1, 0.15) is 4.90 Å². The maximum absolute atomic E-state index is 12.5. The molecule has 0 radical (unpaired) electrons. The fourth-order valence-electron chi connectivity index (χ4n) is 1.96. The monoisotopic (exact) mass is 402 g/mol. The summed E-state index contributed by atoms with van der Waals surface area (Å²) < 4.78 is 27.3. The zero-order valence-corrected chi connectivity index (χ0v) is 15.5. The molecule has 0 spiro atoms. The number of rotatable bonds is 6. The number of carbonyl (C=O) groups excluding carboxylic acids is 1. The zero-order valence-electron chi connectivity index (χ0n) is 13.2. The van der Waals surface area contributed by atoms with Crippen LogP contribution in [0.3, 0.4) is 0 Å². The van der Waals surface area contributed by atoms with Crippen LogP contribution in [-0.4, -0.2) is 32.1 Å². The lowest BCUT2D eigenvalue weighted by Gasteiger charge is -2.11. The summed E-state index contributed by atoms with van der Waals surface area (Å²) in [4.78, 5) is 11.8. The molecule has 0 saturated carbocycles. The number of aliphatic hydroxyl groups is 1. The van der Waals surface area contributed by atoms with Crippen molar-refractivity contribution in [3.8, 4) is 0 Å². The molecule has 2 aromatic rings. The number of anilines is 1. The lowest BCUT2D eigenvalue weighted by Crippen LogP contribution is -2.30. The number of halogens is 2. The van der Waals surface area contributed by atoms with Crippen molar-refractivity contribution >= 4 is 44.8 Å². The highest BCUT2D eigenvalue weighted by Gasteiger charge is 2.19. The first-order valence-corrected chi connectivity index (χ1v) is 9.47. The van der Waals surface area contributed by atoms with E-state index in [1.54, 1.807) is 6.92 Å². The largest absolute Gasteiger partial charge is 0.392 e. The Morgan fingerprint density at radius 2 is 1.92 bits per heavy atom. The molecule has 1 atom stereocenters. The van der Waals surface area contributed by atoms with Crippen molar-refractivity contribution in [2.24, 2.45) is 0 Å². The number of benzene rings is 2. The lowest BCUT2D eigenvalue weighted by atomic mass is 10.2. The maximum Gasteiger partial charge on any atom is 0.263 e. The Labute approximate surface area is 155 Å². The average molecular weight is 403 g/mol. The second-order valence-electron chi connectivity index (χ2n) is 5.32. The Hall–Kier alpha value is -1.80. The summed E-state index contributed by atoms with van der Waals surface area (Å²) in [6.07, 6.45) is -0.685. The van der Waals surface area contributed by atoms with Crippen LogP contribution in [0.1, 0.15) is 17.3 Å². The van der Waals surface area contributed by atoms with E-state index in [1.807, 2.05) is 0 Å². The highest BCUT2D eigenvalue weighted by Crippen LogP contribution is 2.27. The Morgan fingerprint density at radius 1 is 1.20 bits per heavy atom. The number of hydrogen-bond donors (Lipinski definition) is 3. The SMILES string of the molecule is CC(O)CNC(=O)c1cccc(NS(=O)(=O)c2cc(Cl)ccc2Cl)c1. The Morgan fingerprint density at radius 3 is 2.60 bits per heavy atom. The normalized spacial score (nSPS) is 12.5. The summed E-state index contributed by atoms with van der Waals surface area (Å²) in [6.45, 7) is 1.63. The van der Waals surface area contributed by atoms with Crippen LogP contribution in [0.2, 0.25) is 10.0 Å². The van der Waals surface area contributed by atoms with Crippen LogP contribution in [-0.2, 0) is 10.0 Å². The van der Waals surface area contributed by atoms with Gasteiger partial charge in [-0.25, -0.2) is 8.42 Å². The summed E-state index contributed by atoms with van der Waals surface area (Å²) in [7, 11) is -3.97. The molecule has 0 aliphatic heterocycles. The van der Waals surface area contributed by atoms with Gasteiger partial charge in [0.05, 0.1) is 11.1 Å². The second-order valence-corrected chi connectivity index (χ2v) is 7.81. The van der Waals surface area contributed by atoms with Crippen molar-refractivity contribution in [1.29, 1.82) is 0 Å². The van der Waals surface area contributed by atoms with Gasteiger partial charge in [0.15, 0.2) is 0 Å². The van der Waals surface area contributed by atoms with Crippen LogP contribution in [0, 0.1) is 0 Å². The molecule has 2 aromatic carbocycles. The number of carbonyl (C=O) groups is 1. The Balaban J connectivity index is 2.24. The quantitative estimate of drug-likeness (QED) is 0.691. The van der Waals surface area contributed by atoms with E-state index in [1.165, 1.54) is 42.5 Å². The third-order valence-corrected chi connectivity index (χ3v) is 5.22. The number of amides is 1. The van der Waals surface area contributed by atoms with E-state index in [2.05, 4.69) is 10.0 Å². The molecule has 25 heavy (non-hydrogen) atoms. The number of sulfonamides is 1. The van der Waals surface area contributed by atoms with Crippen molar-refractivity contribution in [2.45, 2.75) is 17.9 Å². The Bertz CT molecular complexity index is 885. The van der Waals surface area contributed by atoms with Gasteiger partial charge in [-0.1, -0.05) is 29.3 Å². The maximum atomic E-state index is 12.5. The van der Waals surface area contributed by atoms with Gasteiger partial charge in [-0.05, 0) is 43.3 Å². The lowest BCUT2D eigenvalue weighted by molar-refractivity contribution is 0.0924. The summed E-state index contributed by atoms with van der Waals surface area (Å²) >= 11 is 11.8. The van der Waals surface area contributed by atoms with E-state index >= 15 is 0 Å². The van der Waals surface area contributed by atoms with Gasteiger partial charge in [0.2, 0.25) is 0 Å². The minimum Gasteiger partial charge on any atom is -0.392 e. The standard InChI is InChI=1S/C16H16Cl2N2O4S/c1-10(21)9-19-16(22)11-3-2-4-13(7-11)20-25(23,24)15-8-12(17)5-6-14(15)18/h2-8,10,20-21H,9H2,1H3,(H,19,22). The van der Waals surface area contributed by atoms with Crippen molar-refractivity contribution in [2.75, 3.05) is 11.3 Å². The predicted molar refractivity (Wildman–Crippen MR) is 97.7 cm³/mol. The predicted octanol–water partition coefficient (Wildman–Crippen LogP) is 2.90. The van der Waals surface area contributed by atoms with Gasteiger partial charge >= 0.3 is 0 Å². The minimum atomic E-state index is -3.97. The molecule has 0 aliphatic carbocycles. The van der Waals surface area contributed by atoms with Crippen LogP contribution >= 0.6 is 23.2 Å². The molecule has 0 fully saturated rings. The van der Waals surface area contributed by atoms with Crippen LogP contribution in [0.5, 0.6) is 0 Å². The molecule has 0 bridgehead atoms. The molecule has 0 heterocycles. The van der Waals surface area contributed by atoms with Gasteiger partial charge in [-0.15, -0.1) is 0 Å². The molecule has 0 aromatic heterocycles. The molecular weight excluding hydrogens is 387 g/mol. The van der Waals surface area contributed by atoms with E-state index in [4.69, 9.17) is 23.2 Å². The zero-order chi connectivity index (χ0) is 18.6. The first-order chi connectivity index (χ1) is 11.7. The van der Waals surface area contributed by atoms with Crippen molar-refractivity contribution in [3.05, 3.63) is 58.1 Å². The third-order valence-electron chi connectivity index (χ3n) is 3.12. The summed E-state index contributed by atoms with van der Waals surface area (Å²) in [5.74, 6) is -0.428. The van der Waals surface area contributed by atoms with Crippen molar-refractivity contribution in [1.82, 2.24) is 5.32 Å². The van der Waals surface area contributed by atoms with E-state index in [0.29, 0.717) is 0 Å². The average Bonchev–Trinajstić information content (AvgIpc) is 2.54. The van der Waals surface area contributed by atoms with Crippen molar-refractivity contribution < 1.29 is 18.3 Å². The summed E-state index contributed by atoms with van der Waals surface area (Å²) in [5, 5.41) is 12.0. The highest BCUT2D eigenvalue weighted by molar-refractivity contribution is 7.92. The topological polar surface area (TPSA) is 95.5 Å². The number of aliphatic hydroxyl groups excluding tert-OH is 1. The molecular formula is C16H16Cl2N2O4S. The van der Waals surface area contributed by atoms with Crippen molar-refractivity contribution in [3.63, 3.8) is 0 Å². The van der Waals surface area contributed by atoms with E-state index in [0.717, 1.165) is 0 Å². The molecule has 0 aliphatic rings. The van der Waals surface area contributed by atoms with Gasteiger partial charge in [0.25, 0.3) is 15.9 Å². The fraction of sp³-hybridized carbons (Fsp3) is 0.188. The Kier molecular flexibility index (Phi) is 6.29. The fourth-order valence-corrected chi connectivity index (χ4v) is 3.77. The third kappa shape index (κ3) is 5.34.